The minimum absolute atomic E-state index is 0.0249. The van der Waals surface area contributed by atoms with Gasteiger partial charge in [0.2, 0.25) is 0 Å². The molecule has 0 aliphatic heterocycles. The highest BCUT2D eigenvalue weighted by atomic mass is 16.6. The Morgan fingerprint density at radius 2 is 2.14 bits per heavy atom. The third-order valence-electron chi connectivity index (χ3n) is 3.93. The Hall–Kier alpha value is -1.56. The maximum Gasteiger partial charge on any atom is 0.407 e. The highest BCUT2D eigenvalue weighted by Crippen LogP contribution is 2.27. The van der Waals surface area contributed by atoms with E-state index in [0.29, 0.717) is 6.54 Å². The molecule has 1 heterocycles. The van der Waals surface area contributed by atoms with Crippen molar-refractivity contribution in [3.63, 3.8) is 0 Å². The summed E-state index contributed by atoms with van der Waals surface area (Å²) in [4.78, 5) is 11.8. The molecule has 126 valence electrons. The summed E-state index contributed by atoms with van der Waals surface area (Å²) in [5.74, 6) is 0. The van der Waals surface area contributed by atoms with E-state index in [1.807, 2.05) is 45.5 Å². The van der Waals surface area contributed by atoms with Gasteiger partial charge in [-0.25, -0.2) is 4.79 Å². The zero-order valence-corrected chi connectivity index (χ0v) is 14.3. The first-order valence-electron chi connectivity index (χ1n) is 7.76. The van der Waals surface area contributed by atoms with E-state index in [1.54, 1.807) is 6.20 Å². The molecule has 1 aromatic heterocycles. The van der Waals surface area contributed by atoms with E-state index in [0.717, 1.165) is 25.0 Å². The molecule has 6 nitrogen and oxygen atoms in total. The lowest BCUT2D eigenvalue weighted by atomic mass is 9.81. The second-order valence-electron chi connectivity index (χ2n) is 6.81. The van der Waals surface area contributed by atoms with Gasteiger partial charge in [-0.2, -0.15) is 5.10 Å². The van der Waals surface area contributed by atoms with E-state index < -0.39 is 11.7 Å². The first-order chi connectivity index (χ1) is 10.2. The first-order valence-corrected chi connectivity index (χ1v) is 7.76. The zero-order valence-electron chi connectivity index (χ0n) is 14.3. The van der Waals surface area contributed by atoms with Crippen LogP contribution in [0.2, 0.25) is 0 Å². The van der Waals surface area contributed by atoms with Gasteiger partial charge in [-0.1, -0.05) is 6.92 Å². The van der Waals surface area contributed by atoms with Crippen LogP contribution < -0.4 is 5.32 Å². The Bertz CT molecular complexity index is 473. The average Bonchev–Trinajstić information content (AvgIpc) is 2.83. The van der Waals surface area contributed by atoms with Crippen LogP contribution in [0.25, 0.3) is 0 Å². The topological polar surface area (TPSA) is 76.4 Å². The molecule has 1 amide bonds. The Balaban J connectivity index is 2.59. The molecule has 1 rings (SSSR count). The van der Waals surface area contributed by atoms with Crippen molar-refractivity contribution >= 4 is 6.09 Å². The van der Waals surface area contributed by atoms with Crippen molar-refractivity contribution in [2.75, 3.05) is 13.2 Å². The summed E-state index contributed by atoms with van der Waals surface area (Å²) in [6.07, 6.45) is 3.67. The number of aliphatic hydroxyl groups is 1. The largest absolute Gasteiger partial charge is 0.444 e. The van der Waals surface area contributed by atoms with Crippen LogP contribution in [0.1, 0.15) is 46.2 Å². The standard InChI is InChI=1S/C16H29N3O3/c1-6-16(12-20,9-7-13-8-10-18-19(13)5)11-17-14(21)22-15(2,3)4/h8,10,20H,6-7,9,11-12H2,1-5H3,(H,17,21). The van der Waals surface area contributed by atoms with Gasteiger partial charge in [-0.3, -0.25) is 4.68 Å². The lowest BCUT2D eigenvalue weighted by Crippen LogP contribution is -2.42. The van der Waals surface area contributed by atoms with Gasteiger partial charge in [0, 0.05) is 30.9 Å². The van der Waals surface area contributed by atoms with Gasteiger partial charge in [-0.15, -0.1) is 0 Å². The van der Waals surface area contributed by atoms with Crippen LogP contribution in [-0.2, 0) is 18.2 Å². The van der Waals surface area contributed by atoms with E-state index in [1.165, 1.54) is 0 Å². The van der Waals surface area contributed by atoms with Gasteiger partial charge in [0.15, 0.2) is 0 Å². The molecule has 0 aromatic carbocycles. The van der Waals surface area contributed by atoms with Gasteiger partial charge in [-0.05, 0) is 46.1 Å². The van der Waals surface area contributed by atoms with Crippen LogP contribution in [0.5, 0.6) is 0 Å². The smallest absolute Gasteiger partial charge is 0.407 e. The van der Waals surface area contributed by atoms with Crippen molar-refractivity contribution in [2.45, 2.75) is 52.6 Å². The summed E-state index contributed by atoms with van der Waals surface area (Å²) in [7, 11) is 1.90. The molecule has 6 heteroatoms. The van der Waals surface area contributed by atoms with Crippen LogP contribution in [0, 0.1) is 5.41 Å². The second-order valence-corrected chi connectivity index (χ2v) is 6.81. The van der Waals surface area contributed by atoms with Crippen molar-refractivity contribution in [3.05, 3.63) is 18.0 Å². The van der Waals surface area contributed by atoms with Crippen LogP contribution in [0.3, 0.4) is 0 Å². The Labute approximate surface area is 132 Å². The average molecular weight is 311 g/mol. The van der Waals surface area contributed by atoms with Crippen LogP contribution in [0.4, 0.5) is 4.79 Å². The second kappa shape index (κ2) is 7.63. The lowest BCUT2D eigenvalue weighted by Gasteiger charge is -2.31. The van der Waals surface area contributed by atoms with Gasteiger partial charge in [0.05, 0.1) is 6.61 Å². The van der Waals surface area contributed by atoms with E-state index in [-0.39, 0.29) is 12.0 Å². The minimum Gasteiger partial charge on any atom is -0.444 e. The fourth-order valence-electron chi connectivity index (χ4n) is 2.25. The monoisotopic (exact) mass is 311 g/mol. The number of aromatic nitrogens is 2. The van der Waals surface area contributed by atoms with E-state index in [4.69, 9.17) is 4.74 Å². The number of nitrogens with one attached hydrogen (secondary N) is 1. The minimum atomic E-state index is -0.521. The fourth-order valence-corrected chi connectivity index (χ4v) is 2.25. The molecule has 22 heavy (non-hydrogen) atoms. The SMILES string of the molecule is CCC(CO)(CCc1ccnn1C)CNC(=O)OC(C)(C)C. The summed E-state index contributed by atoms with van der Waals surface area (Å²) in [5, 5.41) is 16.7. The zero-order chi connectivity index (χ0) is 16.8. The number of amides is 1. The number of nitrogens with zero attached hydrogens (tertiary/aromatic N) is 2. The van der Waals surface area contributed by atoms with Gasteiger partial charge >= 0.3 is 6.09 Å². The summed E-state index contributed by atoms with van der Waals surface area (Å²) in [6, 6.07) is 1.97. The van der Waals surface area contributed by atoms with Gasteiger partial charge in [0.1, 0.15) is 5.60 Å². The van der Waals surface area contributed by atoms with Crippen molar-refractivity contribution in [1.82, 2.24) is 15.1 Å². The third kappa shape index (κ3) is 5.67. The molecule has 0 saturated heterocycles. The molecule has 1 aromatic rings. The first kappa shape index (κ1) is 18.5. The van der Waals surface area contributed by atoms with Crippen molar-refractivity contribution in [1.29, 1.82) is 0 Å². The predicted molar refractivity (Wildman–Crippen MR) is 85.6 cm³/mol. The van der Waals surface area contributed by atoms with E-state index in [2.05, 4.69) is 10.4 Å². The highest BCUT2D eigenvalue weighted by Gasteiger charge is 2.29. The summed E-state index contributed by atoms with van der Waals surface area (Å²) in [6.45, 7) is 7.93. The van der Waals surface area contributed by atoms with E-state index >= 15 is 0 Å². The number of hydrogen-bond acceptors (Lipinski definition) is 4. The number of rotatable bonds is 7. The molecular weight excluding hydrogens is 282 g/mol. The highest BCUT2D eigenvalue weighted by molar-refractivity contribution is 5.67. The predicted octanol–water partition coefficient (Wildman–Crippen LogP) is 2.27. The molecule has 1 unspecified atom stereocenters. The van der Waals surface area contributed by atoms with Crippen molar-refractivity contribution in [2.24, 2.45) is 12.5 Å². The fraction of sp³-hybridized carbons (Fsp3) is 0.750. The Kier molecular flexibility index (Phi) is 6.41. The molecule has 0 aliphatic carbocycles. The van der Waals surface area contributed by atoms with Crippen molar-refractivity contribution in [3.8, 4) is 0 Å². The normalized spacial score (nSPS) is 14.5. The number of hydrogen-bond donors (Lipinski definition) is 2. The van der Waals surface area contributed by atoms with Crippen LogP contribution >= 0.6 is 0 Å². The molecule has 0 fully saturated rings. The Morgan fingerprint density at radius 3 is 2.59 bits per heavy atom. The quantitative estimate of drug-likeness (QED) is 0.810. The molecule has 2 N–H and O–H groups in total. The number of carbonyl (C=O) groups excluding carboxylic acids is 1. The number of aliphatic hydroxyl groups excluding tert-OH is 1. The number of alkyl carbamates (subject to hydrolysis) is 1. The molecule has 0 bridgehead atoms. The molecule has 0 spiro atoms. The van der Waals surface area contributed by atoms with Crippen LogP contribution in [0.15, 0.2) is 12.3 Å². The lowest BCUT2D eigenvalue weighted by molar-refractivity contribution is 0.0452. The maximum atomic E-state index is 11.8. The molecule has 0 aliphatic rings. The summed E-state index contributed by atoms with van der Waals surface area (Å²) in [5.41, 5.74) is 0.247. The molecule has 0 radical (unpaired) electrons. The maximum absolute atomic E-state index is 11.8. The number of ether oxygens (including phenoxy) is 1. The van der Waals surface area contributed by atoms with Gasteiger partial charge in [0.25, 0.3) is 0 Å². The van der Waals surface area contributed by atoms with E-state index in [9.17, 15) is 9.90 Å². The van der Waals surface area contributed by atoms with Crippen molar-refractivity contribution < 1.29 is 14.6 Å². The molecule has 0 saturated carbocycles. The summed E-state index contributed by atoms with van der Waals surface area (Å²) >= 11 is 0. The third-order valence-corrected chi connectivity index (χ3v) is 3.93. The Morgan fingerprint density at radius 1 is 1.45 bits per heavy atom. The number of carbonyl (C=O) groups is 1. The van der Waals surface area contributed by atoms with Crippen LogP contribution in [-0.4, -0.2) is 39.7 Å². The number of aryl methyl sites for hydroxylation is 2. The molecule has 1 atom stereocenters. The summed E-state index contributed by atoms with van der Waals surface area (Å²) < 4.78 is 7.08. The van der Waals surface area contributed by atoms with Gasteiger partial charge < -0.3 is 15.2 Å². The molecular formula is C16H29N3O3.